The number of amides is 2. The van der Waals surface area contributed by atoms with Gasteiger partial charge in [0.05, 0.1) is 20.4 Å². The fourth-order valence-corrected chi connectivity index (χ4v) is 2.06. The number of nitrogens with one attached hydrogen (secondary N) is 2. The van der Waals surface area contributed by atoms with Crippen LogP contribution < -0.4 is 20.2 Å². The Balaban J connectivity index is 1.94. The van der Waals surface area contributed by atoms with Crippen LogP contribution in [0.2, 0.25) is 5.02 Å². The Morgan fingerprint density at radius 2 is 1.76 bits per heavy atom. The first-order chi connectivity index (χ1) is 12.0. The molecule has 0 fully saturated rings. The van der Waals surface area contributed by atoms with E-state index in [0.717, 1.165) is 0 Å². The van der Waals surface area contributed by atoms with E-state index in [2.05, 4.69) is 15.8 Å². The van der Waals surface area contributed by atoms with Crippen LogP contribution in [0.15, 0.2) is 47.6 Å². The highest BCUT2D eigenvalue weighted by Gasteiger charge is 2.13. The number of carbonyl (C=O) groups is 2. The average molecular weight is 362 g/mol. The Morgan fingerprint density at radius 1 is 1.04 bits per heavy atom. The molecule has 8 heteroatoms. The van der Waals surface area contributed by atoms with Gasteiger partial charge >= 0.3 is 11.8 Å². The zero-order valence-electron chi connectivity index (χ0n) is 13.6. The Hall–Kier alpha value is -3.06. The molecule has 2 aromatic rings. The minimum atomic E-state index is -0.909. The number of ether oxygens (including phenoxy) is 2. The average Bonchev–Trinajstić information content (AvgIpc) is 2.62. The fraction of sp³-hybridized carbons (Fsp3) is 0.118. The Bertz CT molecular complexity index is 791. The highest BCUT2D eigenvalue weighted by atomic mass is 35.5. The molecule has 7 nitrogen and oxygen atoms in total. The molecule has 2 N–H and O–H groups in total. The van der Waals surface area contributed by atoms with Crippen molar-refractivity contribution in [3.63, 3.8) is 0 Å². The summed E-state index contributed by atoms with van der Waals surface area (Å²) in [6.45, 7) is 0. The van der Waals surface area contributed by atoms with E-state index in [1.807, 2.05) is 0 Å². The minimum absolute atomic E-state index is 0.460. The number of anilines is 1. The SMILES string of the molecule is COc1ccc(NC(=O)C(=O)N/N=C\c2cc(Cl)ccc2OC)cc1. The van der Waals surface area contributed by atoms with Crippen molar-refractivity contribution in [2.24, 2.45) is 5.10 Å². The van der Waals surface area contributed by atoms with Crippen LogP contribution in [0.3, 0.4) is 0 Å². The second kappa shape index (κ2) is 8.70. The van der Waals surface area contributed by atoms with Crippen molar-refractivity contribution < 1.29 is 19.1 Å². The molecule has 0 aliphatic rings. The zero-order valence-corrected chi connectivity index (χ0v) is 14.3. The van der Waals surface area contributed by atoms with E-state index >= 15 is 0 Å². The number of benzene rings is 2. The van der Waals surface area contributed by atoms with Gasteiger partial charge < -0.3 is 14.8 Å². The summed E-state index contributed by atoms with van der Waals surface area (Å²) in [5.74, 6) is -0.582. The number of hydrazone groups is 1. The summed E-state index contributed by atoms with van der Waals surface area (Å²) in [6, 6.07) is 11.5. The molecule has 0 aliphatic heterocycles. The molecule has 0 bridgehead atoms. The van der Waals surface area contributed by atoms with Crippen LogP contribution in [0.5, 0.6) is 11.5 Å². The maximum absolute atomic E-state index is 11.8. The van der Waals surface area contributed by atoms with E-state index in [-0.39, 0.29) is 0 Å². The topological polar surface area (TPSA) is 89.0 Å². The van der Waals surface area contributed by atoms with Crippen molar-refractivity contribution in [1.29, 1.82) is 0 Å². The third-order valence-electron chi connectivity index (χ3n) is 3.12. The highest BCUT2D eigenvalue weighted by Crippen LogP contribution is 2.20. The lowest BCUT2D eigenvalue weighted by Crippen LogP contribution is -2.32. The zero-order chi connectivity index (χ0) is 18.2. The van der Waals surface area contributed by atoms with Gasteiger partial charge in [-0.05, 0) is 42.5 Å². The Labute approximate surface area is 149 Å². The van der Waals surface area contributed by atoms with Crippen molar-refractivity contribution in [3.05, 3.63) is 53.1 Å². The lowest BCUT2D eigenvalue weighted by molar-refractivity contribution is -0.136. The van der Waals surface area contributed by atoms with Crippen LogP contribution in [0.25, 0.3) is 0 Å². The normalized spacial score (nSPS) is 10.4. The molecule has 0 unspecified atom stereocenters. The summed E-state index contributed by atoms with van der Waals surface area (Å²) in [5, 5.41) is 6.68. The first-order valence-corrected chi connectivity index (χ1v) is 7.53. The molecule has 130 valence electrons. The second-order valence-corrected chi connectivity index (χ2v) is 5.20. The van der Waals surface area contributed by atoms with Gasteiger partial charge in [0, 0.05) is 16.3 Å². The molecule has 2 amide bonds. The third-order valence-corrected chi connectivity index (χ3v) is 3.35. The maximum atomic E-state index is 11.8. The molecule has 0 aromatic heterocycles. The molecule has 0 aliphatic carbocycles. The summed E-state index contributed by atoms with van der Waals surface area (Å²) in [6.07, 6.45) is 1.34. The van der Waals surface area contributed by atoms with E-state index in [4.69, 9.17) is 21.1 Å². The number of halogens is 1. The molecule has 0 atom stereocenters. The van der Waals surface area contributed by atoms with Gasteiger partial charge in [-0.25, -0.2) is 5.43 Å². The molecule has 2 rings (SSSR count). The number of hydrogen-bond donors (Lipinski definition) is 2. The molecule has 0 spiro atoms. The summed E-state index contributed by atoms with van der Waals surface area (Å²) in [4.78, 5) is 23.6. The van der Waals surface area contributed by atoms with Gasteiger partial charge in [-0.3, -0.25) is 9.59 Å². The van der Waals surface area contributed by atoms with Crippen LogP contribution in [-0.2, 0) is 9.59 Å². The molecule has 0 heterocycles. The quantitative estimate of drug-likeness (QED) is 0.486. The molecule has 0 saturated carbocycles. The first-order valence-electron chi connectivity index (χ1n) is 7.15. The van der Waals surface area contributed by atoms with Crippen LogP contribution >= 0.6 is 11.6 Å². The van der Waals surface area contributed by atoms with Crippen molar-refractivity contribution in [3.8, 4) is 11.5 Å². The monoisotopic (exact) mass is 361 g/mol. The summed E-state index contributed by atoms with van der Waals surface area (Å²) in [5.41, 5.74) is 3.16. The largest absolute Gasteiger partial charge is 0.497 e. The van der Waals surface area contributed by atoms with Crippen LogP contribution in [0.1, 0.15) is 5.56 Å². The lowest BCUT2D eigenvalue weighted by Gasteiger charge is -2.06. The molecule has 2 aromatic carbocycles. The van der Waals surface area contributed by atoms with E-state index in [1.54, 1.807) is 42.5 Å². The van der Waals surface area contributed by atoms with Gasteiger partial charge in [0.15, 0.2) is 0 Å². The number of nitrogens with zero attached hydrogens (tertiary/aromatic N) is 1. The van der Waals surface area contributed by atoms with Gasteiger partial charge in [0.1, 0.15) is 11.5 Å². The molecule has 0 saturated heterocycles. The van der Waals surface area contributed by atoms with E-state index in [9.17, 15) is 9.59 Å². The summed E-state index contributed by atoms with van der Waals surface area (Å²) >= 11 is 5.90. The third kappa shape index (κ3) is 5.22. The smallest absolute Gasteiger partial charge is 0.329 e. The van der Waals surface area contributed by atoms with Gasteiger partial charge in [-0.1, -0.05) is 11.6 Å². The van der Waals surface area contributed by atoms with Crippen molar-refractivity contribution in [2.75, 3.05) is 19.5 Å². The highest BCUT2D eigenvalue weighted by molar-refractivity contribution is 6.39. The predicted molar refractivity (Wildman–Crippen MR) is 95.4 cm³/mol. The molecule has 25 heavy (non-hydrogen) atoms. The van der Waals surface area contributed by atoms with Gasteiger partial charge in [0.25, 0.3) is 0 Å². The maximum Gasteiger partial charge on any atom is 0.329 e. The molecular formula is C17H16ClN3O4. The van der Waals surface area contributed by atoms with Crippen molar-refractivity contribution >= 4 is 35.3 Å². The van der Waals surface area contributed by atoms with Crippen molar-refractivity contribution in [1.82, 2.24) is 5.43 Å². The van der Waals surface area contributed by atoms with Gasteiger partial charge in [-0.2, -0.15) is 5.10 Å². The first kappa shape index (κ1) is 18.3. The fourth-order valence-electron chi connectivity index (χ4n) is 1.88. The lowest BCUT2D eigenvalue weighted by atomic mass is 10.2. The van der Waals surface area contributed by atoms with Gasteiger partial charge in [-0.15, -0.1) is 0 Å². The van der Waals surface area contributed by atoms with Gasteiger partial charge in [0.2, 0.25) is 0 Å². The Morgan fingerprint density at radius 3 is 2.40 bits per heavy atom. The van der Waals surface area contributed by atoms with Crippen LogP contribution in [0, 0.1) is 0 Å². The van der Waals surface area contributed by atoms with Crippen LogP contribution in [-0.4, -0.2) is 32.2 Å². The standard InChI is InChI=1S/C17H16ClN3O4/c1-24-14-6-4-13(5-7-14)20-16(22)17(23)21-19-10-11-9-12(18)3-8-15(11)25-2/h3-10H,1-2H3,(H,20,22)(H,21,23)/b19-10-. The minimum Gasteiger partial charge on any atom is -0.497 e. The number of hydrogen-bond acceptors (Lipinski definition) is 5. The molecular weight excluding hydrogens is 346 g/mol. The van der Waals surface area contributed by atoms with Crippen molar-refractivity contribution in [2.45, 2.75) is 0 Å². The number of carbonyl (C=O) groups excluding carboxylic acids is 2. The molecule has 0 radical (unpaired) electrons. The summed E-state index contributed by atoms with van der Waals surface area (Å²) in [7, 11) is 3.04. The van der Waals surface area contributed by atoms with Crippen LogP contribution in [0.4, 0.5) is 5.69 Å². The van der Waals surface area contributed by atoms with E-state index in [0.29, 0.717) is 27.8 Å². The number of rotatable bonds is 5. The summed E-state index contributed by atoms with van der Waals surface area (Å²) < 4.78 is 10.2. The van der Waals surface area contributed by atoms with E-state index < -0.39 is 11.8 Å². The number of methoxy groups -OCH3 is 2. The Kier molecular flexibility index (Phi) is 6.36. The predicted octanol–water partition coefficient (Wildman–Crippen LogP) is 2.45. The second-order valence-electron chi connectivity index (χ2n) is 4.77. The van der Waals surface area contributed by atoms with E-state index in [1.165, 1.54) is 20.4 Å².